The summed E-state index contributed by atoms with van der Waals surface area (Å²) in [6.45, 7) is 2.47. The number of nitro groups is 1. The molecule has 0 unspecified atom stereocenters. The summed E-state index contributed by atoms with van der Waals surface area (Å²) in [5.74, 6) is -0.278. The average molecular weight is 379 g/mol. The van der Waals surface area contributed by atoms with Crippen LogP contribution < -0.4 is 5.32 Å². The fourth-order valence-electron chi connectivity index (χ4n) is 2.06. The summed E-state index contributed by atoms with van der Waals surface area (Å²) >= 11 is 4.17. The van der Waals surface area contributed by atoms with Gasteiger partial charge >= 0.3 is 5.00 Å². The highest BCUT2D eigenvalue weighted by molar-refractivity contribution is 7.17. The van der Waals surface area contributed by atoms with Gasteiger partial charge in [-0.2, -0.15) is 0 Å². The summed E-state index contributed by atoms with van der Waals surface area (Å²) in [6, 6.07) is 6.91. The molecule has 3 rings (SSSR count). The highest BCUT2D eigenvalue weighted by Crippen LogP contribution is 2.29. The van der Waals surface area contributed by atoms with Crippen LogP contribution in [0.2, 0.25) is 0 Å². The number of rotatable bonds is 6. The van der Waals surface area contributed by atoms with Crippen molar-refractivity contribution in [2.45, 2.75) is 13.3 Å². The highest BCUT2D eigenvalue weighted by Gasteiger charge is 2.15. The largest absolute Gasteiger partial charge is 0.351 e. The molecule has 3 aromatic rings. The Labute approximate surface area is 150 Å². The minimum atomic E-state index is -0.491. The third kappa shape index (κ3) is 3.86. The van der Waals surface area contributed by atoms with Gasteiger partial charge in [0.25, 0.3) is 5.91 Å². The van der Waals surface area contributed by atoms with Gasteiger partial charge in [-0.25, -0.2) is 4.98 Å². The van der Waals surface area contributed by atoms with Crippen LogP contribution in [0.4, 0.5) is 5.00 Å². The molecule has 0 aliphatic carbocycles. The van der Waals surface area contributed by atoms with Crippen LogP contribution in [0.25, 0.3) is 10.6 Å². The molecule has 0 aliphatic heterocycles. The van der Waals surface area contributed by atoms with Crippen molar-refractivity contribution in [3.63, 3.8) is 0 Å². The van der Waals surface area contributed by atoms with Gasteiger partial charge in [0.05, 0.1) is 25.4 Å². The van der Waals surface area contributed by atoms with Gasteiger partial charge in [0.1, 0.15) is 0 Å². The van der Waals surface area contributed by atoms with Gasteiger partial charge in [0, 0.05) is 22.9 Å². The lowest BCUT2D eigenvalue weighted by molar-refractivity contribution is -0.380. The smallest absolute Gasteiger partial charge is 0.324 e. The summed E-state index contributed by atoms with van der Waals surface area (Å²) in [5.41, 5.74) is 0.990. The number of carbonyl (C=O) groups is 1. The third-order valence-electron chi connectivity index (χ3n) is 3.19. The minimum absolute atomic E-state index is 0.0263. The number of thiophene rings is 2. The van der Waals surface area contributed by atoms with Crippen LogP contribution >= 0.6 is 34.0 Å². The second-order valence-corrected chi connectivity index (χ2v) is 8.21. The second-order valence-electron chi connectivity index (χ2n) is 4.92. The van der Waals surface area contributed by atoms with Crippen LogP contribution in [0.5, 0.6) is 0 Å². The van der Waals surface area contributed by atoms with E-state index in [4.69, 9.17) is 0 Å². The first kappa shape index (κ1) is 16.7. The highest BCUT2D eigenvalue weighted by atomic mass is 32.1. The first-order valence-electron chi connectivity index (χ1n) is 7.06. The van der Waals surface area contributed by atoms with Gasteiger partial charge in [-0.05, 0) is 31.5 Å². The van der Waals surface area contributed by atoms with Crippen molar-refractivity contribution < 1.29 is 9.72 Å². The van der Waals surface area contributed by atoms with Crippen LogP contribution in [0.15, 0.2) is 29.6 Å². The molecule has 0 aliphatic rings. The van der Waals surface area contributed by atoms with E-state index in [0.717, 1.165) is 31.8 Å². The van der Waals surface area contributed by atoms with Crippen LogP contribution in [0, 0.1) is 17.0 Å². The Balaban J connectivity index is 1.53. The molecule has 0 bridgehead atoms. The fraction of sp³-hybridized carbons (Fsp3) is 0.200. The van der Waals surface area contributed by atoms with Crippen molar-refractivity contribution in [2.75, 3.05) is 6.54 Å². The number of amides is 1. The number of thiazole rings is 1. The summed E-state index contributed by atoms with van der Waals surface area (Å²) in [5, 5.41) is 16.5. The van der Waals surface area contributed by atoms with E-state index < -0.39 is 4.92 Å². The molecule has 6 nitrogen and oxygen atoms in total. The number of nitrogens with zero attached hydrogens (tertiary/aromatic N) is 2. The monoisotopic (exact) mass is 379 g/mol. The zero-order chi connectivity index (χ0) is 17.1. The van der Waals surface area contributed by atoms with Gasteiger partial charge in [-0.15, -0.1) is 22.7 Å². The molecule has 0 spiro atoms. The van der Waals surface area contributed by atoms with E-state index in [1.54, 1.807) is 22.7 Å². The Kier molecular flexibility index (Phi) is 5.03. The number of hydrogen-bond donors (Lipinski definition) is 1. The maximum absolute atomic E-state index is 12.0. The van der Waals surface area contributed by atoms with Gasteiger partial charge in [0.2, 0.25) is 0 Å². The van der Waals surface area contributed by atoms with E-state index in [0.29, 0.717) is 17.8 Å². The summed E-state index contributed by atoms with van der Waals surface area (Å²) < 4.78 is 0. The number of aryl methyl sites for hydroxylation is 1. The molecule has 0 saturated heterocycles. The maximum Gasteiger partial charge on any atom is 0.324 e. The molecule has 24 heavy (non-hydrogen) atoms. The molecule has 3 aromatic heterocycles. The molecular weight excluding hydrogens is 366 g/mol. The molecule has 124 valence electrons. The number of nitrogens with one attached hydrogen (secondary N) is 1. The summed E-state index contributed by atoms with van der Waals surface area (Å²) in [4.78, 5) is 29.2. The summed E-state index contributed by atoms with van der Waals surface area (Å²) in [6.07, 6.45) is 0.715. The van der Waals surface area contributed by atoms with Crippen LogP contribution in [-0.4, -0.2) is 22.4 Å². The predicted octanol–water partition coefficient (Wildman–Crippen LogP) is 4.12. The molecule has 9 heteroatoms. The van der Waals surface area contributed by atoms with Crippen molar-refractivity contribution in [1.82, 2.24) is 10.3 Å². The lowest BCUT2D eigenvalue weighted by Gasteiger charge is -2.01. The quantitative estimate of drug-likeness (QED) is 0.516. The van der Waals surface area contributed by atoms with Crippen molar-refractivity contribution in [3.8, 4) is 10.6 Å². The molecule has 0 fully saturated rings. The molecule has 1 N–H and O–H groups in total. The first-order valence-corrected chi connectivity index (χ1v) is 9.58. The van der Waals surface area contributed by atoms with Crippen LogP contribution in [0.3, 0.4) is 0 Å². The molecule has 0 atom stereocenters. The summed E-state index contributed by atoms with van der Waals surface area (Å²) in [7, 11) is 0. The molecule has 0 saturated carbocycles. The Morgan fingerprint density at radius 1 is 1.29 bits per heavy atom. The fourth-order valence-corrected chi connectivity index (χ4v) is 4.45. The van der Waals surface area contributed by atoms with Crippen LogP contribution in [0.1, 0.15) is 19.6 Å². The third-order valence-corrected chi connectivity index (χ3v) is 6.16. The van der Waals surface area contributed by atoms with Gasteiger partial charge in [-0.3, -0.25) is 14.9 Å². The van der Waals surface area contributed by atoms with E-state index in [1.165, 1.54) is 12.1 Å². The number of carbonyl (C=O) groups excluding carboxylic acids is 1. The Bertz CT molecular complexity index is 881. The first-order chi connectivity index (χ1) is 11.5. The second kappa shape index (κ2) is 7.20. The minimum Gasteiger partial charge on any atom is -0.351 e. The Hall–Kier alpha value is -2.10. The molecule has 0 radical (unpaired) electrons. The average Bonchev–Trinajstić information content (AvgIpc) is 3.26. The zero-order valence-electron chi connectivity index (χ0n) is 12.6. The maximum atomic E-state index is 12.0. The van der Waals surface area contributed by atoms with E-state index in [9.17, 15) is 14.9 Å². The van der Waals surface area contributed by atoms with Gasteiger partial charge in [-0.1, -0.05) is 11.3 Å². The Morgan fingerprint density at radius 2 is 2.12 bits per heavy atom. The SMILES string of the molecule is Cc1nc(-c2ccc(CCNC(=O)c3ccc([N+](=O)[O-])s3)s2)cs1. The van der Waals surface area contributed by atoms with Crippen molar-refractivity contribution in [2.24, 2.45) is 0 Å². The molecule has 3 heterocycles. The Morgan fingerprint density at radius 3 is 2.79 bits per heavy atom. The molecule has 0 aromatic carbocycles. The lowest BCUT2D eigenvalue weighted by atomic mass is 10.3. The molecular formula is C15H13N3O3S3. The lowest BCUT2D eigenvalue weighted by Crippen LogP contribution is -2.24. The number of hydrogen-bond acceptors (Lipinski definition) is 7. The van der Waals surface area contributed by atoms with Crippen LogP contribution in [-0.2, 0) is 6.42 Å². The van der Waals surface area contributed by atoms with E-state index in [-0.39, 0.29) is 10.9 Å². The van der Waals surface area contributed by atoms with E-state index in [2.05, 4.69) is 10.3 Å². The van der Waals surface area contributed by atoms with E-state index >= 15 is 0 Å². The molecule has 1 amide bonds. The zero-order valence-corrected chi connectivity index (χ0v) is 15.1. The predicted molar refractivity (Wildman–Crippen MR) is 97.2 cm³/mol. The van der Waals surface area contributed by atoms with Crippen molar-refractivity contribution in [3.05, 3.63) is 54.5 Å². The van der Waals surface area contributed by atoms with Crippen molar-refractivity contribution >= 4 is 44.9 Å². The topological polar surface area (TPSA) is 85.1 Å². The van der Waals surface area contributed by atoms with Crippen molar-refractivity contribution in [1.29, 1.82) is 0 Å². The standard InChI is InChI=1S/C15H13N3O3S3/c1-9-17-11(8-22-9)12-3-2-10(23-12)6-7-16-15(19)13-4-5-14(24-13)18(20)21/h2-5,8H,6-7H2,1H3,(H,16,19). The van der Waals surface area contributed by atoms with E-state index in [1.807, 2.05) is 24.4 Å². The van der Waals surface area contributed by atoms with Gasteiger partial charge in [0.15, 0.2) is 0 Å². The number of aromatic nitrogens is 1. The van der Waals surface area contributed by atoms with Gasteiger partial charge < -0.3 is 5.32 Å². The normalized spacial score (nSPS) is 10.7.